The van der Waals surface area contributed by atoms with E-state index in [1.807, 2.05) is 11.5 Å². The van der Waals surface area contributed by atoms with E-state index in [4.69, 9.17) is 27.9 Å². The fraction of sp³-hybridized carbons (Fsp3) is 0.263. The zero-order valence-electron chi connectivity index (χ0n) is 15.7. The van der Waals surface area contributed by atoms with Gasteiger partial charge in [0.1, 0.15) is 5.75 Å². The molecule has 0 spiro atoms. The third-order valence-electron chi connectivity index (χ3n) is 4.00. The first kappa shape index (κ1) is 21.8. The monoisotopic (exact) mass is 472 g/mol. The second kappa shape index (κ2) is 8.87. The first-order chi connectivity index (χ1) is 13.7. The molecule has 0 aliphatic carbocycles. The number of carbonyl (C=O) groups is 1. The number of carbonyl (C=O) groups excluding carboxylic acids is 1. The Kier molecular flexibility index (Phi) is 6.68. The Morgan fingerprint density at radius 1 is 1.21 bits per heavy atom. The summed E-state index contributed by atoms with van der Waals surface area (Å²) >= 11 is 13.2. The van der Waals surface area contributed by atoms with Crippen LogP contribution in [0.4, 0.5) is 0 Å². The van der Waals surface area contributed by atoms with Crippen molar-refractivity contribution in [1.29, 1.82) is 0 Å². The normalized spacial score (nSPS) is 12.5. The van der Waals surface area contributed by atoms with Crippen LogP contribution in [-0.4, -0.2) is 31.8 Å². The van der Waals surface area contributed by atoms with E-state index in [2.05, 4.69) is 4.99 Å². The zero-order valence-corrected chi connectivity index (χ0v) is 18.8. The molecule has 1 amide bonds. The number of nitrogens with zero attached hydrogens (tertiary/aromatic N) is 2. The van der Waals surface area contributed by atoms with Crippen LogP contribution < -0.4 is 9.54 Å². The smallest absolute Gasteiger partial charge is 0.286 e. The summed E-state index contributed by atoms with van der Waals surface area (Å²) in [5.74, 6) is -0.133. The lowest BCUT2D eigenvalue weighted by molar-refractivity contribution is -0.120. The van der Waals surface area contributed by atoms with Gasteiger partial charge in [-0.3, -0.25) is 4.79 Å². The molecule has 6 nitrogen and oxygen atoms in total. The lowest BCUT2D eigenvalue weighted by Crippen LogP contribution is -2.19. The van der Waals surface area contributed by atoms with Crippen molar-refractivity contribution >= 4 is 60.5 Å². The van der Waals surface area contributed by atoms with Gasteiger partial charge in [0.25, 0.3) is 5.91 Å². The molecule has 2 aromatic carbocycles. The number of sulfone groups is 1. The van der Waals surface area contributed by atoms with Crippen LogP contribution in [0.5, 0.6) is 5.75 Å². The lowest BCUT2D eigenvalue weighted by atomic mass is 10.3. The summed E-state index contributed by atoms with van der Waals surface area (Å²) in [4.78, 5) is 17.2. The molecule has 3 rings (SSSR count). The Labute approximate surface area is 182 Å². The molecule has 29 heavy (non-hydrogen) atoms. The van der Waals surface area contributed by atoms with Gasteiger partial charge in [0.15, 0.2) is 21.2 Å². The van der Waals surface area contributed by atoms with Gasteiger partial charge in [-0.2, -0.15) is 4.99 Å². The van der Waals surface area contributed by atoms with Gasteiger partial charge < -0.3 is 9.30 Å². The van der Waals surface area contributed by atoms with Gasteiger partial charge in [-0.05, 0) is 42.8 Å². The van der Waals surface area contributed by atoms with Crippen molar-refractivity contribution in [2.75, 3.05) is 12.9 Å². The Morgan fingerprint density at radius 3 is 2.62 bits per heavy atom. The first-order valence-electron chi connectivity index (χ1n) is 8.68. The van der Waals surface area contributed by atoms with Gasteiger partial charge in [0.2, 0.25) is 0 Å². The summed E-state index contributed by atoms with van der Waals surface area (Å²) in [6, 6.07) is 9.64. The highest BCUT2D eigenvalue weighted by Crippen LogP contribution is 2.27. The number of ether oxygens (including phenoxy) is 1. The minimum atomic E-state index is -3.32. The maximum Gasteiger partial charge on any atom is 0.286 e. The average molecular weight is 473 g/mol. The summed E-state index contributed by atoms with van der Waals surface area (Å²) in [5, 5.41) is 0.777. The second-order valence-electron chi connectivity index (χ2n) is 6.31. The molecular weight excluding hydrogens is 455 g/mol. The van der Waals surface area contributed by atoms with E-state index in [0.29, 0.717) is 27.1 Å². The van der Waals surface area contributed by atoms with E-state index < -0.39 is 15.7 Å². The molecule has 0 unspecified atom stereocenters. The van der Waals surface area contributed by atoms with Crippen molar-refractivity contribution in [3.63, 3.8) is 0 Å². The lowest BCUT2D eigenvalue weighted by Gasteiger charge is -2.06. The second-order valence-corrected chi connectivity index (χ2v) is 10.2. The van der Waals surface area contributed by atoms with Crippen molar-refractivity contribution in [3.8, 4) is 5.75 Å². The molecule has 10 heteroatoms. The van der Waals surface area contributed by atoms with Crippen LogP contribution in [0.1, 0.15) is 13.3 Å². The number of aryl methyl sites for hydroxylation is 1. The molecule has 0 saturated carbocycles. The van der Waals surface area contributed by atoms with Crippen LogP contribution >= 0.6 is 34.5 Å². The number of amides is 1. The fourth-order valence-electron chi connectivity index (χ4n) is 2.68. The van der Waals surface area contributed by atoms with E-state index in [-0.39, 0.29) is 11.5 Å². The number of aromatic nitrogens is 1. The van der Waals surface area contributed by atoms with Gasteiger partial charge in [0, 0.05) is 17.8 Å². The molecule has 1 aromatic heterocycles. The number of benzene rings is 2. The van der Waals surface area contributed by atoms with Crippen LogP contribution in [0.2, 0.25) is 10.0 Å². The predicted molar refractivity (Wildman–Crippen MR) is 116 cm³/mol. The third kappa shape index (κ3) is 5.19. The topological polar surface area (TPSA) is 77.7 Å². The Hall–Kier alpha value is -1.87. The van der Waals surface area contributed by atoms with Crippen molar-refractivity contribution < 1.29 is 17.9 Å². The van der Waals surface area contributed by atoms with Crippen LogP contribution in [0, 0.1) is 0 Å². The number of hydrogen-bond donors (Lipinski definition) is 0. The molecule has 0 atom stereocenters. The minimum Gasteiger partial charge on any atom is -0.482 e. The number of thiazole rings is 1. The third-order valence-corrected chi connectivity index (χ3v) is 6.68. The van der Waals surface area contributed by atoms with Gasteiger partial charge in [-0.25, -0.2) is 8.42 Å². The number of fused-ring (bicyclic) bond motifs is 1. The SMILES string of the molecule is CCCn1c(=NC(=O)COc2ccc(Cl)cc2Cl)sc2cc(S(C)(=O)=O)ccc21. The zero-order chi connectivity index (χ0) is 21.2. The van der Waals surface area contributed by atoms with Crippen LogP contribution in [-0.2, 0) is 21.2 Å². The molecular formula is C19H18Cl2N2O4S2. The summed E-state index contributed by atoms with van der Waals surface area (Å²) < 4.78 is 31.7. The van der Waals surface area contributed by atoms with Crippen molar-refractivity contribution in [3.05, 3.63) is 51.2 Å². The summed E-state index contributed by atoms with van der Waals surface area (Å²) in [6.07, 6.45) is 1.99. The van der Waals surface area contributed by atoms with Crippen molar-refractivity contribution in [1.82, 2.24) is 4.57 Å². The number of hydrogen-bond acceptors (Lipinski definition) is 5. The first-order valence-corrected chi connectivity index (χ1v) is 12.1. The molecule has 0 fully saturated rings. The molecule has 0 radical (unpaired) electrons. The number of halogens is 2. The van der Waals surface area contributed by atoms with E-state index in [1.165, 1.54) is 17.4 Å². The molecule has 0 aliphatic rings. The summed E-state index contributed by atoms with van der Waals surface area (Å²) in [6.45, 7) is 2.38. The minimum absolute atomic E-state index is 0.230. The van der Waals surface area contributed by atoms with Gasteiger partial charge >= 0.3 is 0 Å². The Balaban J connectivity index is 1.92. The average Bonchev–Trinajstić information content (AvgIpc) is 2.97. The maximum absolute atomic E-state index is 12.4. The van der Waals surface area contributed by atoms with E-state index in [9.17, 15) is 13.2 Å². The molecule has 0 aliphatic heterocycles. The fourth-order valence-corrected chi connectivity index (χ4v) is 4.98. The van der Waals surface area contributed by atoms with Crippen molar-refractivity contribution in [2.24, 2.45) is 4.99 Å². The predicted octanol–water partition coefficient (Wildman–Crippen LogP) is 4.33. The molecule has 154 valence electrons. The highest BCUT2D eigenvalue weighted by atomic mass is 35.5. The maximum atomic E-state index is 12.4. The van der Waals surface area contributed by atoms with Crippen LogP contribution in [0.3, 0.4) is 0 Å². The molecule has 0 saturated heterocycles. The number of rotatable bonds is 6. The van der Waals surface area contributed by atoms with Crippen LogP contribution in [0.15, 0.2) is 46.3 Å². The highest BCUT2D eigenvalue weighted by molar-refractivity contribution is 7.90. The molecule has 1 heterocycles. The Morgan fingerprint density at radius 2 is 1.97 bits per heavy atom. The van der Waals surface area contributed by atoms with Gasteiger partial charge in [0.05, 0.1) is 20.1 Å². The summed E-state index contributed by atoms with van der Waals surface area (Å²) in [7, 11) is -3.32. The largest absolute Gasteiger partial charge is 0.482 e. The summed E-state index contributed by atoms with van der Waals surface area (Å²) in [5.41, 5.74) is 0.831. The Bertz CT molecular complexity index is 1250. The molecule has 3 aromatic rings. The molecule has 0 bridgehead atoms. The standard InChI is InChI=1S/C19H18Cl2N2O4S2/c1-3-8-23-15-6-5-13(29(2,25)26)10-17(15)28-19(23)22-18(24)11-27-16-7-4-12(20)9-14(16)21/h4-7,9-10H,3,8,11H2,1-2H3. The van der Waals surface area contributed by atoms with E-state index >= 15 is 0 Å². The highest BCUT2D eigenvalue weighted by Gasteiger charge is 2.13. The van der Waals surface area contributed by atoms with Gasteiger partial charge in [-0.15, -0.1) is 0 Å². The van der Waals surface area contributed by atoms with Gasteiger partial charge in [-0.1, -0.05) is 41.5 Å². The molecule has 0 N–H and O–H groups in total. The van der Waals surface area contributed by atoms with Crippen molar-refractivity contribution in [2.45, 2.75) is 24.8 Å². The quantitative estimate of drug-likeness (QED) is 0.534. The van der Waals surface area contributed by atoms with E-state index in [0.717, 1.165) is 22.9 Å². The van der Waals surface area contributed by atoms with Crippen LogP contribution in [0.25, 0.3) is 10.2 Å². The van der Waals surface area contributed by atoms with E-state index in [1.54, 1.807) is 30.3 Å².